The lowest BCUT2D eigenvalue weighted by Gasteiger charge is -2.08. The van der Waals surface area contributed by atoms with Gasteiger partial charge in [0, 0.05) is 13.1 Å². The molecule has 20 heavy (non-hydrogen) atoms. The van der Waals surface area contributed by atoms with Crippen LogP contribution in [0.25, 0.3) is 0 Å². The Morgan fingerprint density at radius 1 is 0.750 bits per heavy atom. The molecule has 8 heteroatoms. The summed E-state index contributed by atoms with van der Waals surface area (Å²) in [6.45, 7) is 3.43. The molecule has 0 aliphatic heterocycles. The van der Waals surface area contributed by atoms with Gasteiger partial charge in [-0.15, -0.1) is 0 Å². The van der Waals surface area contributed by atoms with Crippen LogP contribution in [0.15, 0.2) is 0 Å². The van der Waals surface area contributed by atoms with Gasteiger partial charge in [-0.3, -0.25) is 9.59 Å². The van der Waals surface area contributed by atoms with E-state index in [2.05, 4.69) is 21.3 Å². The number of likely N-dealkylation sites (N-methyl/N-ethyl adjacent to an activating group) is 2. The zero-order chi connectivity index (χ0) is 15.1. The maximum Gasteiger partial charge on any atom is 0.234 e. The van der Waals surface area contributed by atoms with E-state index in [4.69, 9.17) is 9.47 Å². The number of nitrogens with one attached hydrogen (secondary N) is 4. The molecule has 0 saturated carbocycles. The minimum absolute atomic E-state index is 0.0512. The molecule has 0 heterocycles. The van der Waals surface area contributed by atoms with Crippen molar-refractivity contribution >= 4 is 11.8 Å². The fraction of sp³-hybridized carbons (Fsp3) is 0.833. The van der Waals surface area contributed by atoms with Gasteiger partial charge in [0.05, 0.1) is 39.5 Å². The molecular formula is C12H26N4O4. The van der Waals surface area contributed by atoms with E-state index in [0.29, 0.717) is 52.6 Å². The maximum absolute atomic E-state index is 11.1. The molecule has 0 radical (unpaired) electrons. The summed E-state index contributed by atoms with van der Waals surface area (Å²) < 4.78 is 10.5. The summed E-state index contributed by atoms with van der Waals surface area (Å²) in [6.07, 6.45) is 0. The Morgan fingerprint density at radius 3 is 1.50 bits per heavy atom. The van der Waals surface area contributed by atoms with E-state index in [-0.39, 0.29) is 11.8 Å². The van der Waals surface area contributed by atoms with Crippen LogP contribution in [0.5, 0.6) is 0 Å². The van der Waals surface area contributed by atoms with Crippen molar-refractivity contribution in [2.24, 2.45) is 0 Å². The number of rotatable bonds is 13. The lowest BCUT2D eigenvalue weighted by molar-refractivity contribution is -0.121. The minimum Gasteiger partial charge on any atom is -0.377 e. The SMILES string of the molecule is CNCC(=O)NCCOCCOCCNC(=O)CNC. The molecule has 0 aromatic rings. The average Bonchev–Trinajstić information content (AvgIpc) is 2.41. The summed E-state index contributed by atoms with van der Waals surface area (Å²) in [5.74, 6) is -0.102. The summed E-state index contributed by atoms with van der Waals surface area (Å²) in [7, 11) is 3.43. The van der Waals surface area contributed by atoms with E-state index < -0.39 is 0 Å². The molecule has 0 aliphatic rings. The first-order valence-electron chi connectivity index (χ1n) is 6.68. The normalized spacial score (nSPS) is 10.3. The lowest BCUT2D eigenvalue weighted by Crippen LogP contribution is -2.34. The van der Waals surface area contributed by atoms with Crippen molar-refractivity contribution in [3.8, 4) is 0 Å². The van der Waals surface area contributed by atoms with Crippen molar-refractivity contribution in [3.05, 3.63) is 0 Å². The van der Waals surface area contributed by atoms with Crippen LogP contribution in [0.2, 0.25) is 0 Å². The van der Waals surface area contributed by atoms with Gasteiger partial charge < -0.3 is 30.7 Å². The Balaban J connectivity index is 3.13. The Morgan fingerprint density at radius 2 is 1.15 bits per heavy atom. The third-order valence-corrected chi connectivity index (χ3v) is 2.18. The highest BCUT2D eigenvalue weighted by Crippen LogP contribution is 1.78. The Kier molecular flexibility index (Phi) is 13.3. The highest BCUT2D eigenvalue weighted by atomic mass is 16.5. The fourth-order valence-electron chi connectivity index (χ4n) is 1.29. The van der Waals surface area contributed by atoms with Gasteiger partial charge in [0.25, 0.3) is 0 Å². The predicted molar refractivity (Wildman–Crippen MR) is 75.5 cm³/mol. The highest BCUT2D eigenvalue weighted by Gasteiger charge is 1.98. The number of carbonyl (C=O) groups excluding carboxylic acids is 2. The first-order chi connectivity index (χ1) is 9.70. The monoisotopic (exact) mass is 290 g/mol. The molecule has 0 atom stereocenters. The van der Waals surface area contributed by atoms with Crippen LogP contribution in [0.3, 0.4) is 0 Å². The number of ether oxygens (including phenoxy) is 2. The number of carbonyl (C=O) groups is 2. The van der Waals surface area contributed by atoms with Crippen LogP contribution in [0, 0.1) is 0 Å². The van der Waals surface area contributed by atoms with Gasteiger partial charge in [0.2, 0.25) is 11.8 Å². The lowest BCUT2D eigenvalue weighted by atomic mass is 10.5. The van der Waals surface area contributed by atoms with Crippen molar-refractivity contribution in [1.29, 1.82) is 0 Å². The van der Waals surface area contributed by atoms with E-state index in [1.165, 1.54) is 0 Å². The molecular weight excluding hydrogens is 264 g/mol. The second-order valence-electron chi connectivity index (χ2n) is 3.99. The van der Waals surface area contributed by atoms with Gasteiger partial charge in [-0.05, 0) is 14.1 Å². The third kappa shape index (κ3) is 13.2. The van der Waals surface area contributed by atoms with E-state index in [0.717, 1.165) is 0 Å². The predicted octanol–water partition coefficient (Wildman–Crippen LogP) is -2.31. The van der Waals surface area contributed by atoms with Crippen LogP contribution < -0.4 is 21.3 Å². The van der Waals surface area contributed by atoms with Crippen molar-refractivity contribution in [2.75, 3.05) is 66.7 Å². The van der Waals surface area contributed by atoms with Crippen molar-refractivity contribution < 1.29 is 19.1 Å². The highest BCUT2D eigenvalue weighted by molar-refractivity contribution is 5.78. The molecule has 8 nitrogen and oxygen atoms in total. The number of hydrogen-bond acceptors (Lipinski definition) is 6. The summed E-state index contributed by atoms with van der Waals surface area (Å²) in [5.41, 5.74) is 0. The molecule has 0 aromatic carbocycles. The zero-order valence-corrected chi connectivity index (χ0v) is 12.3. The quantitative estimate of drug-likeness (QED) is 0.284. The summed E-state index contributed by atoms with van der Waals surface area (Å²) in [4.78, 5) is 22.1. The van der Waals surface area contributed by atoms with Crippen LogP contribution >= 0.6 is 0 Å². The fourth-order valence-corrected chi connectivity index (χ4v) is 1.29. The van der Waals surface area contributed by atoms with Gasteiger partial charge in [0.15, 0.2) is 0 Å². The smallest absolute Gasteiger partial charge is 0.234 e. The van der Waals surface area contributed by atoms with Gasteiger partial charge >= 0.3 is 0 Å². The van der Waals surface area contributed by atoms with Crippen molar-refractivity contribution in [2.45, 2.75) is 0 Å². The second-order valence-corrected chi connectivity index (χ2v) is 3.99. The topological polar surface area (TPSA) is 101 Å². The number of hydrogen-bond donors (Lipinski definition) is 4. The van der Waals surface area contributed by atoms with Gasteiger partial charge in [0.1, 0.15) is 0 Å². The Bertz CT molecular complexity index is 238. The summed E-state index contributed by atoms with van der Waals surface area (Å²) >= 11 is 0. The van der Waals surface area contributed by atoms with Crippen molar-refractivity contribution in [3.63, 3.8) is 0 Å². The van der Waals surface area contributed by atoms with Crippen LogP contribution in [-0.4, -0.2) is 78.5 Å². The molecule has 0 aliphatic carbocycles. The molecule has 4 N–H and O–H groups in total. The van der Waals surface area contributed by atoms with Gasteiger partial charge in [-0.25, -0.2) is 0 Å². The first-order valence-corrected chi connectivity index (χ1v) is 6.68. The van der Waals surface area contributed by atoms with E-state index in [9.17, 15) is 9.59 Å². The van der Waals surface area contributed by atoms with Crippen LogP contribution in [0.1, 0.15) is 0 Å². The second kappa shape index (κ2) is 14.2. The van der Waals surface area contributed by atoms with Crippen LogP contribution in [-0.2, 0) is 19.1 Å². The summed E-state index contributed by atoms with van der Waals surface area (Å²) in [5, 5.41) is 10.9. The van der Waals surface area contributed by atoms with Gasteiger partial charge in [-0.1, -0.05) is 0 Å². The molecule has 0 saturated heterocycles. The standard InChI is InChI=1S/C12H26N4O4/c1-13-9-11(17)15-3-5-19-7-8-20-6-4-16-12(18)10-14-2/h13-14H,3-10H2,1-2H3,(H,15,17)(H,16,18). The first kappa shape index (κ1) is 18.8. The van der Waals surface area contributed by atoms with E-state index in [1.807, 2.05) is 0 Å². The number of amides is 2. The van der Waals surface area contributed by atoms with E-state index in [1.54, 1.807) is 14.1 Å². The van der Waals surface area contributed by atoms with Crippen LogP contribution in [0.4, 0.5) is 0 Å². The van der Waals surface area contributed by atoms with Crippen molar-refractivity contribution in [1.82, 2.24) is 21.3 Å². The molecule has 0 spiro atoms. The molecule has 0 unspecified atom stereocenters. The zero-order valence-electron chi connectivity index (χ0n) is 12.3. The minimum atomic E-state index is -0.0512. The Labute approximate surface area is 120 Å². The molecule has 0 bridgehead atoms. The largest absolute Gasteiger partial charge is 0.377 e. The third-order valence-electron chi connectivity index (χ3n) is 2.18. The summed E-state index contributed by atoms with van der Waals surface area (Å²) in [6, 6.07) is 0. The molecule has 2 amide bonds. The molecule has 118 valence electrons. The maximum atomic E-state index is 11.1. The molecule has 0 rings (SSSR count). The van der Waals surface area contributed by atoms with E-state index >= 15 is 0 Å². The molecule has 0 aromatic heterocycles. The van der Waals surface area contributed by atoms with Gasteiger partial charge in [-0.2, -0.15) is 0 Å². The Hall–Kier alpha value is -1.22. The average molecular weight is 290 g/mol. The molecule has 0 fully saturated rings.